The molecule has 0 radical (unpaired) electrons. The minimum atomic E-state index is -0.828. The number of aromatic carboxylic acids is 1. The zero-order valence-corrected chi connectivity index (χ0v) is 17.6. The lowest BCUT2D eigenvalue weighted by molar-refractivity contribution is 0.0696. The lowest BCUT2D eigenvalue weighted by atomic mass is 9.76. The van der Waals surface area contributed by atoms with Gasteiger partial charge in [-0.3, -0.25) is 5.84 Å². The highest BCUT2D eigenvalue weighted by Gasteiger charge is 2.33. The molecule has 3 N–H and O–H groups in total. The molecule has 1 fully saturated rings. The standard InChI is InChI=1S/C22H28N2O3S/c1-13-15(5-4-6-17(13)27-14-8-10-24(23)12-14)20-19(21(25)26)16-11-22(2,3)9-7-18(16)28-20/h4-6,14H,7-12,23H2,1-3H3,(H,25,26)/t14-/m0/s1. The zero-order chi connectivity index (χ0) is 20.1. The van der Waals surface area contributed by atoms with Crippen molar-refractivity contribution in [3.8, 4) is 16.2 Å². The Morgan fingerprint density at radius 1 is 1.39 bits per heavy atom. The largest absolute Gasteiger partial charge is 0.489 e. The first-order valence-electron chi connectivity index (χ1n) is 9.89. The molecule has 1 aliphatic carbocycles. The number of hydrogen-bond donors (Lipinski definition) is 2. The number of thiophene rings is 1. The third-order valence-corrected chi connectivity index (χ3v) is 7.31. The summed E-state index contributed by atoms with van der Waals surface area (Å²) < 4.78 is 6.21. The predicted molar refractivity (Wildman–Crippen MR) is 112 cm³/mol. The molecule has 1 aromatic heterocycles. The maximum absolute atomic E-state index is 12.2. The summed E-state index contributed by atoms with van der Waals surface area (Å²) in [4.78, 5) is 14.3. The minimum absolute atomic E-state index is 0.0789. The SMILES string of the molecule is Cc1c(O[C@H]2CCN(N)C2)cccc1-c1sc2c(c1C(=O)O)CC(C)(C)CC2. The van der Waals surface area contributed by atoms with Gasteiger partial charge in [0.1, 0.15) is 11.9 Å². The fourth-order valence-electron chi connectivity index (χ4n) is 4.35. The monoisotopic (exact) mass is 400 g/mol. The summed E-state index contributed by atoms with van der Waals surface area (Å²) in [6, 6.07) is 5.94. The van der Waals surface area contributed by atoms with Crippen LogP contribution >= 0.6 is 11.3 Å². The van der Waals surface area contributed by atoms with Gasteiger partial charge in [0.15, 0.2) is 0 Å². The predicted octanol–water partition coefficient (Wildman–Crippen LogP) is 4.26. The second-order valence-electron chi connectivity index (χ2n) is 8.81. The molecule has 1 aromatic carbocycles. The number of aryl methyl sites for hydroxylation is 1. The van der Waals surface area contributed by atoms with Gasteiger partial charge in [0.2, 0.25) is 0 Å². The van der Waals surface area contributed by atoms with E-state index < -0.39 is 5.97 Å². The topological polar surface area (TPSA) is 75.8 Å². The van der Waals surface area contributed by atoms with Crippen LogP contribution in [-0.2, 0) is 12.8 Å². The van der Waals surface area contributed by atoms with Gasteiger partial charge in [-0.15, -0.1) is 11.3 Å². The van der Waals surface area contributed by atoms with Crippen molar-refractivity contribution < 1.29 is 14.6 Å². The van der Waals surface area contributed by atoms with Gasteiger partial charge in [-0.1, -0.05) is 26.0 Å². The van der Waals surface area contributed by atoms with Crippen LogP contribution in [0.25, 0.3) is 10.4 Å². The van der Waals surface area contributed by atoms with Gasteiger partial charge in [-0.2, -0.15) is 0 Å². The van der Waals surface area contributed by atoms with E-state index in [0.717, 1.165) is 59.5 Å². The molecule has 0 unspecified atom stereocenters. The van der Waals surface area contributed by atoms with Crippen LogP contribution in [0.15, 0.2) is 18.2 Å². The molecule has 0 spiro atoms. The number of ether oxygens (including phenoxy) is 1. The number of hydrazine groups is 1. The molecule has 1 aliphatic heterocycles. The molecule has 2 aromatic rings. The molecule has 0 bridgehead atoms. The maximum atomic E-state index is 12.2. The van der Waals surface area contributed by atoms with Crippen molar-refractivity contribution in [1.29, 1.82) is 0 Å². The highest BCUT2D eigenvalue weighted by molar-refractivity contribution is 7.16. The first kappa shape index (κ1) is 19.4. The van der Waals surface area contributed by atoms with Crippen molar-refractivity contribution in [2.45, 2.75) is 52.6 Å². The van der Waals surface area contributed by atoms with Gasteiger partial charge in [-0.05, 0) is 60.8 Å². The summed E-state index contributed by atoms with van der Waals surface area (Å²) >= 11 is 1.65. The molecule has 0 saturated carbocycles. The second kappa shape index (κ2) is 7.17. The molecule has 1 atom stereocenters. The van der Waals surface area contributed by atoms with Gasteiger partial charge in [0.05, 0.1) is 5.56 Å². The van der Waals surface area contributed by atoms with Crippen LogP contribution in [0.4, 0.5) is 0 Å². The van der Waals surface area contributed by atoms with Gasteiger partial charge >= 0.3 is 5.97 Å². The lowest BCUT2D eigenvalue weighted by Crippen LogP contribution is -2.30. The Bertz CT molecular complexity index is 919. The maximum Gasteiger partial charge on any atom is 0.337 e. The first-order valence-corrected chi connectivity index (χ1v) is 10.7. The van der Waals surface area contributed by atoms with Crippen molar-refractivity contribution in [3.63, 3.8) is 0 Å². The van der Waals surface area contributed by atoms with Crippen LogP contribution in [0.1, 0.15) is 53.1 Å². The number of rotatable bonds is 4. The Balaban J connectivity index is 1.74. The van der Waals surface area contributed by atoms with Gasteiger partial charge in [0.25, 0.3) is 0 Å². The van der Waals surface area contributed by atoms with Crippen molar-refractivity contribution in [2.24, 2.45) is 11.3 Å². The Morgan fingerprint density at radius 3 is 2.86 bits per heavy atom. The van der Waals surface area contributed by atoms with Crippen LogP contribution in [0.2, 0.25) is 0 Å². The molecule has 4 rings (SSSR count). The van der Waals surface area contributed by atoms with Crippen LogP contribution in [0.5, 0.6) is 5.75 Å². The smallest absolute Gasteiger partial charge is 0.337 e. The summed E-state index contributed by atoms with van der Waals surface area (Å²) in [7, 11) is 0. The normalized spacial score (nSPS) is 21.5. The zero-order valence-electron chi connectivity index (χ0n) is 16.7. The minimum Gasteiger partial charge on any atom is -0.489 e. The molecule has 2 aliphatic rings. The molecule has 2 heterocycles. The summed E-state index contributed by atoms with van der Waals surface area (Å²) in [5.41, 5.74) is 3.63. The quantitative estimate of drug-likeness (QED) is 0.750. The Labute approximate surface area is 170 Å². The third kappa shape index (κ3) is 3.56. The van der Waals surface area contributed by atoms with E-state index >= 15 is 0 Å². The van der Waals surface area contributed by atoms with Gasteiger partial charge in [0, 0.05) is 22.8 Å². The van der Waals surface area contributed by atoms with Gasteiger partial charge < -0.3 is 9.84 Å². The molecule has 5 nitrogen and oxygen atoms in total. The number of carboxylic acid groups (broad SMARTS) is 1. The summed E-state index contributed by atoms with van der Waals surface area (Å²) in [6.07, 6.45) is 3.86. The summed E-state index contributed by atoms with van der Waals surface area (Å²) in [5, 5.41) is 11.8. The first-order chi connectivity index (χ1) is 13.2. The van der Waals surface area contributed by atoms with E-state index in [1.165, 1.54) is 4.88 Å². The Morgan fingerprint density at radius 2 is 2.18 bits per heavy atom. The summed E-state index contributed by atoms with van der Waals surface area (Å²) in [5.74, 6) is 5.85. The number of nitrogens with two attached hydrogens (primary N) is 1. The van der Waals surface area contributed by atoms with Crippen molar-refractivity contribution in [1.82, 2.24) is 5.01 Å². The number of fused-ring (bicyclic) bond motifs is 1. The van der Waals surface area contributed by atoms with E-state index in [-0.39, 0.29) is 11.5 Å². The lowest BCUT2D eigenvalue weighted by Gasteiger charge is -2.29. The number of benzene rings is 1. The molecular weight excluding hydrogens is 372 g/mol. The average Bonchev–Trinajstić information content (AvgIpc) is 3.18. The van der Waals surface area contributed by atoms with E-state index in [1.54, 1.807) is 16.3 Å². The highest BCUT2D eigenvalue weighted by Crippen LogP contribution is 2.46. The number of hydrogen-bond acceptors (Lipinski definition) is 5. The van der Waals surface area contributed by atoms with Crippen LogP contribution in [0, 0.1) is 12.3 Å². The van der Waals surface area contributed by atoms with Crippen LogP contribution < -0.4 is 10.6 Å². The van der Waals surface area contributed by atoms with Crippen LogP contribution in [0.3, 0.4) is 0 Å². The highest BCUT2D eigenvalue weighted by atomic mass is 32.1. The van der Waals surface area contributed by atoms with E-state index in [1.807, 2.05) is 25.1 Å². The van der Waals surface area contributed by atoms with E-state index in [4.69, 9.17) is 10.6 Å². The van der Waals surface area contributed by atoms with Crippen LogP contribution in [-0.4, -0.2) is 35.3 Å². The van der Waals surface area contributed by atoms with Crippen molar-refractivity contribution >= 4 is 17.3 Å². The number of carboxylic acids is 1. The molecule has 150 valence electrons. The Hall–Kier alpha value is -1.89. The number of carbonyl (C=O) groups is 1. The molecule has 0 amide bonds. The second-order valence-corrected chi connectivity index (χ2v) is 9.91. The van der Waals surface area contributed by atoms with E-state index in [9.17, 15) is 9.90 Å². The fourth-order valence-corrected chi connectivity index (χ4v) is 5.75. The molecule has 6 heteroatoms. The number of nitrogens with zero attached hydrogens (tertiary/aromatic N) is 1. The van der Waals surface area contributed by atoms with Crippen molar-refractivity contribution in [3.05, 3.63) is 39.8 Å². The molecular formula is C22H28N2O3S. The molecule has 1 saturated heterocycles. The Kier molecular flexibility index (Phi) is 4.98. The van der Waals surface area contributed by atoms with Gasteiger partial charge in [-0.25, -0.2) is 9.80 Å². The average molecular weight is 401 g/mol. The molecule has 28 heavy (non-hydrogen) atoms. The van der Waals surface area contributed by atoms with E-state index in [2.05, 4.69) is 13.8 Å². The van der Waals surface area contributed by atoms with E-state index in [0.29, 0.717) is 12.1 Å². The summed E-state index contributed by atoms with van der Waals surface area (Å²) in [6.45, 7) is 8.02. The third-order valence-electron chi connectivity index (χ3n) is 5.99. The fraction of sp³-hybridized carbons (Fsp3) is 0.500. The van der Waals surface area contributed by atoms with Crippen molar-refractivity contribution in [2.75, 3.05) is 13.1 Å².